The minimum absolute atomic E-state index is 0.0197. The van der Waals surface area contributed by atoms with Gasteiger partial charge in [-0.1, -0.05) is 47.6 Å². The lowest BCUT2D eigenvalue weighted by Crippen LogP contribution is -2.52. The molecule has 1 saturated heterocycles. The van der Waals surface area contributed by atoms with Crippen LogP contribution in [0.25, 0.3) is 0 Å². The number of fused-ring (bicyclic) bond motifs is 5. The lowest BCUT2D eigenvalue weighted by atomic mass is 9.83. The van der Waals surface area contributed by atoms with Gasteiger partial charge in [-0.05, 0) is 43.5 Å². The molecule has 0 aliphatic carbocycles. The number of carbonyl (C=O) groups is 2. The normalized spacial score (nSPS) is 21.5. The fourth-order valence-corrected chi connectivity index (χ4v) is 6.57. The zero-order chi connectivity index (χ0) is 32.7. The number of benzene rings is 2. The van der Waals surface area contributed by atoms with Crippen LogP contribution in [-0.4, -0.2) is 50.2 Å². The summed E-state index contributed by atoms with van der Waals surface area (Å²) >= 11 is 0. The third-order valence-electron chi connectivity index (χ3n) is 9.18. The minimum Gasteiger partial charge on any atom is -0.483 e. The zero-order valence-electron chi connectivity index (χ0n) is 25.5. The molecule has 1 spiro atoms. The number of rotatable bonds is 7. The number of hydrogen-bond acceptors (Lipinski definition) is 7. The predicted octanol–water partition coefficient (Wildman–Crippen LogP) is 4.77. The summed E-state index contributed by atoms with van der Waals surface area (Å²) in [5, 5.41) is 7.01. The quantitative estimate of drug-likeness (QED) is 0.312. The Bertz CT molecular complexity index is 1950. The fourth-order valence-electron chi connectivity index (χ4n) is 6.57. The Hall–Kier alpha value is -5.39. The molecule has 240 valence electrons. The molecular weight excluding hydrogens is 608 g/mol. The lowest BCUT2D eigenvalue weighted by molar-refractivity contribution is -0.0656. The van der Waals surface area contributed by atoms with Gasteiger partial charge in [0.15, 0.2) is 17.0 Å². The van der Waals surface area contributed by atoms with E-state index in [1.165, 1.54) is 12.3 Å². The smallest absolute Gasteiger partial charge is 0.274 e. The van der Waals surface area contributed by atoms with E-state index < -0.39 is 40.5 Å². The van der Waals surface area contributed by atoms with Crippen LogP contribution < -0.4 is 15.5 Å². The Balaban J connectivity index is 1.32. The van der Waals surface area contributed by atoms with Gasteiger partial charge < -0.3 is 24.4 Å². The number of carbonyl (C=O) groups excluding carboxylic acids is 2. The summed E-state index contributed by atoms with van der Waals surface area (Å²) in [6, 6.07) is 17.0. The van der Waals surface area contributed by atoms with Gasteiger partial charge >= 0.3 is 0 Å². The van der Waals surface area contributed by atoms with Crippen LogP contribution in [0.5, 0.6) is 5.75 Å². The molecule has 4 aromatic rings. The van der Waals surface area contributed by atoms with E-state index in [2.05, 4.69) is 15.5 Å². The van der Waals surface area contributed by atoms with Crippen LogP contribution in [0.1, 0.15) is 69.9 Å². The van der Waals surface area contributed by atoms with Crippen LogP contribution in [0.15, 0.2) is 89.1 Å². The number of nitrogens with zero attached hydrogens (tertiary/aromatic N) is 4. The highest BCUT2D eigenvalue weighted by molar-refractivity contribution is 6.01. The van der Waals surface area contributed by atoms with Crippen LogP contribution in [0, 0.1) is 11.6 Å². The molecule has 0 saturated carbocycles. The van der Waals surface area contributed by atoms with Gasteiger partial charge in [0.1, 0.15) is 29.5 Å². The van der Waals surface area contributed by atoms with Crippen molar-refractivity contribution in [3.63, 3.8) is 0 Å². The molecule has 0 unspecified atom stereocenters. The van der Waals surface area contributed by atoms with Gasteiger partial charge in [-0.15, -0.1) is 0 Å². The van der Waals surface area contributed by atoms with Gasteiger partial charge in [-0.3, -0.25) is 19.4 Å². The molecule has 5 heterocycles. The topological polar surface area (TPSA) is 115 Å². The summed E-state index contributed by atoms with van der Waals surface area (Å²) < 4.78 is 35.6. The maximum atomic E-state index is 14.4. The maximum absolute atomic E-state index is 14.4. The number of aromatic nitrogens is 2. The van der Waals surface area contributed by atoms with E-state index in [-0.39, 0.29) is 48.3 Å². The average molecular weight is 640 g/mol. The Kier molecular flexibility index (Phi) is 7.78. The second-order valence-electron chi connectivity index (χ2n) is 12.1. The van der Waals surface area contributed by atoms with Crippen molar-refractivity contribution < 1.29 is 27.9 Å². The molecule has 2 aromatic carbocycles. The van der Waals surface area contributed by atoms with Crippen molar-refractivity contribution in [1.29, 1.82) is 0 Å². The standard InChI is InChI=1S/C35H31F2N5O5/c1-21-12-13-35(16-28(40-47-35)27-9-5-6-14-38-27)29-19-41(21)34(45)30-32(46-20-22-7-3-2-4-8-22)31(43)25(18-42(29)30)33(44)39-17-23-10-11-24(36)15-26(23)37/h2-11,14-15,18,21,29H,12-13,16-17,19-20H2,1H3,(H,39,44)/t21-,29+,35-/m0/s1. The van der Waals surface area contributed by atoms with Crippen molar-refractivity contribution in [2.75, 3.05) is 6.54 Å². The fraction of sp³-hybridized carbons (Fsp3) is 0.286. The summed E-state index contributed by atoms with van der Waals surface area (Å²) in [5.41, 5.74) is 0.156. The van der Waals surface area contributed by atoms with Crippen molar-refractivity contribution in [3.8, 4) is 5.75 Å². The number of oxime groups is 1. The second-order valence-corrected chi connectivity index (χ2v) is 12.1. The summed E-state index contributed by atoms with van der Waals surface area (Å²) in [6.45, 7) is 1.88. The van der Waals surface area contributed by atoms with E-state index in [0.29, 0.717) is 30.7 Å². The number of hydrogen-bond donors (Lipinski definition) is 1. The van der Waals surface area contributed by atoms with Crippen molar-refractivity contribution in [3.05, 3.63) is 129 Å². The first-order valence-electron chi connectivity index (χ1n) is 15.4. The highest BCUT2D eigenvalue weighted by Crippen LogP contribution is 2.47. The largest absolute Gasteiger partial charge is 0.483 e. The number of amides is 2. The van der Waals surface area contributed by atoms with E-state index in [4.69, 9.17) is 9.57 Å². The van der Waals surface area contributed by atoms with Crippen molar-refractivity contribution in [2.24, 2.45) is 5.16 Å². The average Bonchev–Trinajstić information content (AvgIpc) is 3.47. The molecule has 12 heteroatoms. The Morgan fingerprint density at radius 2 is 1.91 bits per heavy atom. The SMILES string of the molecule is C[C@H]1CC[C@]2(CC(c3ccccn3)=NO2)[C@H]2CN1C(=O)c1c(OCc3ccccc3)c(=O)c(C(=O)NCc3ccc(F)cc3F)cn12. The summed E-state index contributed by atoms with van der Waals surface area (Å²) in [5.74, 6) is -3.04. The molecule has 0 radical (unpaired) electrons. The molecule has 3 aliphatic rings. The maximum Gasteiger partial charge on any atom is 0.274 e. The number of pyridine rings is 2. The molecule has 7 rings (SSSR count). The molecular formula is C35H31F2N5O5. The van der Waals surface area contributed by atoms with Gasteiger partial charge in [-0.25, -0.2) is 8.78 Å². The van der Waals surface area contributed by atoms with Crippen LogP contribution in [0.3, 0.4) is 0 Å². The summed E-state index contributed by atoms with van der Waals surface area (Å²) in [7, 11) is 0. The first-order valence-corrected chi connectivity index (χ1v) is 15.4. The second kappa shape index (κ2) is 12.1. The van der Waals surface area contributed by atoms with Crippen LogP contribution in [0.2, 0.25) is 0 Å². The molecule has 10 nitrogen and oxygen atoms in total. The lowest BCUT2D eigenvalue weighted by Gasteiger charge is -2.42. The summed E-state index contributed by atoms with van der Waals surface area (Å²) in [6.07, 6.45) is 4.59. The van der Waals surface area contributed by atoms with Gasteiger partial charge in [0, 0.05) is 49.6 Å². The highest BCUT2D eigenvalue weighted by Gasteiger charge is 2.54. The Morgan fingerprint density at radius 1 is 1.11 bits per heavy atom. The van der Waals surface area contributed by atoms with E-state index in [1.807, 2.05) is 55.5 Å². The van der Waals surface area contributed by atoms with E-state index in [0.717, 1.165) is 17.7 Å². The van der Waals surface area contributed by atoms with Crippen LogP contribution >= 0.6 is 0 Å². The number of halogens is 2. The van der Waals surface area contributed by atoms with Gasteiger partial charge in [0.05, 0.1) is 11.7 Å². The van der Waals surface area contributed by atoms with Crippen LogP contribution in [-0.2, 0) is 18.0 Å². The van der Waals surface area contributed by atoms with E-state index in [9.17, 15) is 23.2 Å². The van der Waals surface area contributed by atoms with Crippen molar-refractivity contribution >= 4 is 17.5 Å². The van der Waals surface area contributed by atoms with Gasteiger partial charge in [0.2, 0.25) is 5.43 Å². The minimum atomic E-state index is -0.915. The molecule has 47 heavy (non-hydrogen) atoms. The van der Waals surface area contributed by atoms with Crippen molar-refractivity contribution in [2.45, 2.75) is 57.0 Å². The molecule has 1 fully saturated rings. The monoisotopic (exact) mass is 639 g/mol. The first kappa shape index (κ1) is 30.3. The number of ether oxygens (including phenoxy) is 1. The van der Waals surface area contributed by atoms with Gasteiger partial charge in [-0.2, -0.15) is 0 Å². The summed E-state index contributed by atoms with van der Waals surface area (Å²) in [4.78, 5) is 54.3. The highest BCUT2D eigenvalue weighted by atomic mass is 19.1. The Morgan fingerprint density at radius 3 is 2.68 bits per heavy atom. The van der Waals surface area contributed by atoms with E-state index in [1.54, 1.807) is 15.7 Å². The first-order chi connectivity index (χ1) is 22.7. The third-order valence-corrected chi connectivity index (χ3v) is 9.18. The van der Waals surface area contributed by atoms with Crippen molar-refractivity contribution in [1.82, 2.24) is 19.8 Å². The molecule has 2 aromatic heterocycles. The Labute approximate surface area is 268 Å². The molecule has 3 aliphatic heterocycles. The molecule has 1 N–H and O–H groups in total. The zero-order valence-corrected chi connectivity index (χ0v) is 25.5. The number of nitrogens with one attached hydrogen (secondary N) is 1. The molecule has 2 amide bonds. The molecule has 2 bridgehead atoms. The third kappa shape index (κ3) is 5.53. The van der Waals surface area contributed by atoms with Crippen LogP contribution in [0.4, 0.5) is 8.78 Å². The molecule has 3 atom stereocenters. The van der Waals surface area contributed by atoms with Gasteiger partial charge in [0.25, 0.3) is 11.8 Å². The van der Waals surface area contributed by atoms with E-state index >= 15 is 0 Å². The predicted molar refractivity (Wildman–Crippen MR) is 167 cm³/mol.